The number of carbonyl (C=O) groups is 2. The van der Waals surface area contributed by atoms with Gasteiger partial charge < -0.3 is 4.74 Å². The summed E-state index contributed by atoms with van der Waals surface area (Å²) in [6.07, 6.45) is 1.71. The quantitative estimate of drug-likeness (QED) is 0.800. The molecule has 9 heteroatoms. The van der Waals surface area contributed by atoms with Crippen molar-refractivity contribution in [3.63, 3.8) is 0 Å². The number of hydrogen-bond donors (Lipinski definition) is 1. The van der Waals surface area contributed by atoms with E-state index in [4.69, 9.17) is 4.74 Å². The Morgan fingerprint density at radius 3 is 2.42 bits per heavy atom. The first-order valence-corrected chi connectivity index (χ1v) is 9.29. The van der Waals surface area contributed by atoms with Crippen LogP contribution in [0.25, 0.3) is 0 Å². The Balaban J connectivity index is 2.03. The van der Waals surface area contributed by atoms with Gasteiger partial charge in [0.05, 0.1) is 18.5 Å². The van der Waals surface area contributed by atoms with Crippen molar-refractivity contribution in [1.29, 1.82) is 0 Å². The molecule has 1 saturated heterocycles. The molecule has 1 aromatic carbocycles. The van der Waals surface area contributed by atoms with E-state index in [0.29, 0.717) is 11.4 Å². The molecule has 1 aliphatic heterocycles. The molecule has 1 fully saturated rings. The van der Waals surface area contributed by atoms with Crippen LogP contribution >= 0.6 is 0 Å². The normalized spacial score (nSPS) is 14.6. The van der Waals surface area contributed by atoms with Gasteiger partial charge in [-0.2, -0.15) is 0 Å². The van der Waals surface area contributed by atoms with E-state index in [2.05, 4.69) is 9.71 Å². The molecule has 136 valence electrons. The first-order valence-electron chi connectivity index (χ1n) is 7.81. The largest absolute Gasteiger partial charge is 0.495 e. The van der Waals surface area contributed by atoms with E-state index in [9.17, 15) is 18.0 Å². The zero-order valence-electron chi connectivity index (χ0n) is 14.2. The van der Waals surface area contributed by atoms with Gasteiger partial charge in [-0.1, -0.05) is 0 Å². The number of ether oxygens (including phenoxy) is 1. The third-order valence-electron chi connectivity index (χ3n) is 3.90. The fraction of sp³-hybridized carbons (Fsp3) is 0.235. The highest BCUT2D eigenvalue weighted by atomic mass is 32.2. The number of benzene rings is 1. The number of pyridine rings is 1. The van der Waals surface area contributed by atoms with Crippen molar-refractivity contribution >= 4 is 33.2 Å². The van der Waals surface area contributed by atoms with E-state index in [1.807, 2.05) is 0 Å². The molecule has 8 nitrogen and oxygen atoms in total. The summed E-state index contributed by atoms with van der Waals surface area (Å²) >= 11 is 0. The Kier molecular flexibility index (Phi) is 4.64. The van der Waals surface area contributed by atoms with Crippen molar-refractivity contribution < 1.29 is 22.7 Å². The third-order valence-corrected chi connectivity index (χ3v) is 5.30. The van der Waals surface area contributed by atoms with Crippen molar-refractivity contribution in [2.24, 2.45) is 0 Å². The molecular formula is C17H17N3O5S. The van der Waals surface area contributed by atoms with Gasteiger partial charge >= 0.3 is 0 Å². The zero-order chi connectivity index (χ0) is 18.9. The first kappa shape index (κ1) is 17.9. The van der Waals surface area contributed by atoms with Gasteiger partial charge in [0.2, 0.25) is 11.8 Å². The van der Waals surface area contributed by atoms with Gasteiger partial charge in [-0.25, -0.2) is 8.42 Å². The summed E-state index contributed by atoms with van der Waals surface area (Å²) in [5.41, 5.74) is 1.20. The number of carbonyl (C=O) groups excluding carboxylic acids is 2. The molecule has 2 amide bonds. The molecule has 0 radical (unpaired) electrons. The van der Waals surface area contributed by atoms with Crippen LogP contribution in [0.1, 0.15) is 18.5 Å². The summed E-state index contributed by atoms with van der Waals surface area (Å²) in [5, 5.41) is 0. The van der Waals surface area contributed by atoms with Crippen molar-refractivity contribution in [2.75, 3.05) is 16.7 Å². The second kappa shape index (κ2) is 6.75. The maximum atomic E-state index is 12.8. The minimum Gasteiger partial charge on any atom is -0.495 e. The van der Waals surface area contributed by atoms with Crippen LogP contribution in [-0.2, 0) is 19.6 Å². The van der Waals surface area contributed by atoms with Gasteiger partial charge in [-0.15, -0.1) is 0 Å². The minimum absolute atomic E-state index is 0.103. The molecule has 2 aromatic rings. The minimum atomic E-state index is -4.01. The predicted molar refractivity (Wildman–Crippen MR) is 94.5 cm³/mol. The molecule has 1 N–H and O–H groups in total. The SMILES string of the molecule is COc1ccc(N2C(=O)CCC2=O)cc1S(=O)(=O)Nc1ccnc(C)c1. The van der Waals surface area contributed by atoms with Crippen LogP contribution in [0.2, 0.25) is 0 Å². The van der Waals surface area contributed by atoms with E-state index in [0.717, 1.165) is 4.90 Å². The molecular weight excluding hydrogens is 358 g/mol. The maximum absolute atomic E-state index is 12.8. The standard InChI is InChI=1S/C17H17N3O5S/c1-11-9-12(7-8-18-11)19-26(23,24)15-10-13(3-4-14(15)25-2)20-16(21)5-6-17(20)22/h3-4,7-10H,5-6H2,1-2H3,(H,18,19). The average Bonchev–Trinajstić information content (AvgIpc) is 2.92. The summed E-state index contributed by atoms with van der Waals surface area (Å²) in [5.74, 6) is -0.617. The van der Waals surface area contributed by atoms with Gasteiger partial charge in [-0.05, 0) is 37.3 Å². The lowest BCUT2D eigenvalue weighted by Gasteiger charge is -2.17. The summed E-state index contributed by atoms with van der Waals surface area (Å²) in [6, 6.07) is 7.27. The molecule has 0 bridgehead atoms. The van der Waals surface area contributed by atoms with Crippen molar-refractivity contribution in [3.8, 4) is 5.75 Å². The second-order valence-corrected chi connectivity index (χ2v) is 7.40. The lowest BCUT2D eigenvalue weighted by Crippen LogP contribution is -2.28. The topological polar surface area (TPSA) is 106 Å². The van der Waals surface area contributed by atoms with E-state index >= 15 is 0 Å². The predicted octanol–water partition coefficient (Wildman–Crippen LogP) is 1.85. The van der Waals surface area contributed by atoms with Crippen LogP contribution in [0, 0.1) is 6.92 Å². The number of methoxy groups -OCH3 is 1. The zero-order valence-corrected chi connectivity index (χ0v) is 15.0. The summed E-state index contributed by atoms with van der Waals surface area (Å²) < 4.78 is 33.2. The molecule has 0 atom stereocenters. The third kappa shape index (κ3) is 3.38. The van der Waals surface area contributed by atoms with Gasteiger partial charge in [0.25, 0.3) is 10.0 Å². The number of amides is 2. The van der Waals surface area contributed by atoms with Crippen LogP contribution < -0.4 is 14.4 Å². The molecule has 1 aliphatic rings. The number of hydrogen-bond acceptors (Lipinski definition) is 6. The number of rotatable bonds is 5. The Hall–Kier alpha value is -2.94. The molecule has 0 saturated carbocycles. The van der Waals surface area contributed by atoms with Gasteiger partial charge in [0, 0.05) is 24.7 Å². The molecule has 1 aromatic heterocycles. The molecule has 26 heavy (non-hydrogen) atoms. The van der Waals surface area contributed by atoms with Gasteiger partial charge in [0.15, 0.2) is 0 Å². The maximum Gasteiger partial charge on any atom is 0.265 e. The molecule has 0 aliphatic carbocycles. The van der Waals surface area contributed by atoms with Gasteiger partial charge in [0.1, 0.15) is 10.6 Å². The van der Waals surface area contributed by atoms with Gasteiger partial charge in [-0.3, -0.25) is 24.2 Å². The number of nitrogens with zero attached hydrogens (tertiary/aromatic N) is 2. The molecule has 2 heterocycles. The smallest absolute Gasteiger partial charge is 0.265 e. The number of sulfonamides is 1. The summed E-state index contributed by atoms with van der Waals surface area (Å²) in [7, 11) is -2.67. The average molecular weight is 375 g/mol. The Morgan fingerprint density at radius 2 is 1.81 bits per heavy atom. The van der Waals surface area contributed by atoms with Crippen molar-refractivity contribution in [1.82, 2.24) is 4.98 Å². The number of anilines is 2. The van der Waals surface area contributed by atoms with Crippen molar-refractivity contribution in [3.05, 3.63) is 42.2 Å². The van der Waals surface area contributed by atoms with Crippen LogP contribution in [0.4, 0.5) is 11.4 Å². The van der Waals surface area contributed by atoms with Crippen LogP contribution in [0.3, 0.4) is 0 Å². The molecule has 3 rings (SSSR count). The lowest BCUT2D eigenvalue weighted by atomic mass is 10.2. The first-order chi connectivity index (χ1) is 12.3. The Morgan fingerprint density at radius 1 is 1.12 bits per heavy atom. The van der Waals surface area contributed by atoms with E-state index < -0.39 is 10.0 Å². The fourth-order valence-electron chi connectivity index (χ4n) is 2.70. The number of nitrogens with one attached hydrogen (secondary N) is 1. The van der Waals surface area contributed by atoms with Crippen LogP contribution in [0.15, 0.2) is 41.4 Å². The monoisotopic (exact) mass is 375 g/mol. The van der Waals surface area contributed by atoms with E-state index in [1.54, 1.807) is 13.0 Å². The fourth-order valence-corrected chi connectivity index (χ4v) is 3.94. The number of aromatic nitrogens is 1. The summed E-state index contributed by atoms with van der Waals surface area (Å²) in [6.45, 7) is 1.74. The highest BCUT2D eigenvalue weighted by Gasteiger charge is 2.32. The number of aryl methyl sites for hydroxylation is 1. The highest BCUT2D eigenvalue weighted by molar-refractivity contribution is 7.92. The van der Waals surface area contributed by atoms with E-state index in [1.165, 1.54) is 37.6 Å². The highest BCUT2D eigenvalue weighted by Crippen LogP contribution is 2.32. The summed E-state index contributed by atoms with van der Waals surface area (Å²) in [4.78, 5) is 28.7. The molecule has 0 spiro atoms. The lowest BCUT2D eigenvalue weighted by molar-refractivity contribution is -0.121. The van der Waals surface area contributed by atoms with Crippen LogP contribution in [-0.4, -0.2) is 32.3 Å². The molecule has 0 unspecified atom stereocenters. The Bertz CT molecular complexity index is 972. The number of imide groups is 1. The van der Waals surface area contributed by atoms with E-state index in [-0.39, 0.29) is 41.0 Å². The van der Waals surface area contributed by atoms with Crippen molar-refractivity contribution in [2.45, 2.75) is 24.7 Å². The Labute approximate surface area is 150 Å². The van der Waals surface area contributed by atoms with Crippen LogP contribution in [0.5, 0.6) is 5.75 Å². The second-order valence-electron chi connectivity index (χ2n) is 5.75.